The molecule has 4 rings (SSSR count). The molecule has 44 heavy (non-hydrogen) atoms. The Bertz CT molecular complexity index is 1400. The Morgan fingerprint density at radius 1 is 0.864 bits per heavy atom. The second-order valence-corrected chi connectivity index (χ2v) is 10.1. The minimum atomic E-state index is -1.78. The van der Waals surface area contributed by atoms with Crippen LogP contribution in [0.25, 0.3) is 0 Å². The number of rotatable bonds is 10. The number of esters is 2. The number of allylic oxidation sites excluding steroid dienone is 4. The first kappa shape index (κ1) is 32.3. The maximum atomic E-state index is 12.6. The number of phenolic OH excluding ortho intramolecular Hbond substituents is 1. The van der Waals surface area contributed by atoms with Crippen LogP contribution >= 0.6 is 0 Å². The van der Waals surface area contributed by atoms with Gasteiger partial charge < -0.3 is 44.5 Å². The Hall–Kier alpha value is -4.66. The highest BCUT2D eigenvalue weighted by Crippen LogP contribution is 2.28. The van der Waals surface area contributed by atoms with Gasteiger partial charge in [0.05, 0.1) is 0 Å². The number of aliphatic hydroxyl groups is 4. The van der Waals surface area contributed by atoms with Crippen LogP contribution in [0.2, 0.25) is 0 Å². The maximum Gasteiger partial charge on any atom is 0.331 e. The fourth-order valence-electron chi connectivity index (χ4n) is 4.21. The maximum absolute atomic E-state index is 12.6. The summed E-state index contributed by atoms with van der Waals surface area (Å²) in [6.45, 7) is -0.581. The molecule has 13 heteroatoms. The molecule has 0 bridgehead atoms. The predicted molar refractivity (Wildman–Crippen MR) is 150 cm³/mol. The van der Waals surface area contributed by atoms with E-state index >= 15 is 0 Å². The predicted octanol–water partition coefficient (Wildman–Crippen LogP) is 0.0276. The number of aromatic hydroxyl groups is 1. The summed E-state index contributed by atoms with van der Waals surface area (Å²) in [5, 5.41) is 51.9. The second kappa shape index (κ2) is 13.8. The molecule has 1 aromatic rings. The zero-order valence-corrected chi connectivity index (χ0v) is 23.0. The van der Waals surface area contributed by atoms with Crippen LogP contribution < -0.4 is 4.74 Å². The highest BCUT2D eigenvalue weighted by Gasteiger charge is 2.48. The van der Waals surface area contributed by atoms with Crippen LogP contribution in [-0.4, -0.2) is 97.6 Å². The molecule has 0 radical (unpaired) electrons. The number of hydrogen-bond donors (Lipinski definition) is 5. The van der Waals surface area contributed by atoms with Crippen molar-refractivity contribution in [1.29, 1.82) is 0 Å². The topological polar surface area (TPSA) is 206 Å². The normalized spacial score (nSPS) is 27.1. The van der Waals surface area contributed by atoms with Crippen LogP contribution in [0, 0.1) is 0 Å². The summed E-state index contributed by atoms with van der Waals surface area (Å²) in [6, 6.07) is 5.37. The molecule has 1 saturated heterocycles. The molecule has 13 nitrogen and oxygen atoms in total. The van der Waals surface area contributed by atoms with Crippen LogP contribution in [0.4, 0.5) is 0 Å². The zero-order valence-electron chi connectivity index (χ0n) is 23.0. The fraction of sp³-hybridized carbons (Fsp3) is 0.290. The number of hydrogen-bond acceptors (Lipinski definition) is 13. The highest BCUT2D eigenvalue weighted by atomic mass is 16.7. The largest absolute Gasteiger partial charge is 0.508 e. The summed E-state index contributed by atoms with van der Waals surface area (Å²) in [6.07, 6.45) is 5.78. The van der Waals surface area contributed by atoms with E-state index in [-0.39, 0.29) is 29.5 Å². The van der Waals surface area contributed by atoms with Crippen LogP contribution in [0.1, 0.15) is 6.42 Å². The number of carbonyl (C=O) groups is 4. The van der Waals surface area contributed by atoms with Crippen LogP contribution in [-0.2, 0) is 33.4 Å². The van der Waals surface area contributed by atoms with Crippen molar-refractivity contribution < 1.29 is 63.7 Å². The number of carbonyl (C=O) groups excluding carboxylic acids is 4. The highest BCUT2D eigenvalue weighted by molar-refractivity contribution is 6.01. The minimum Gasteiger partial charge on any atom is -0.508 e. The minimum absolute atomic E-state index is 0.0625. The van der Waals surface area contributed by atoms with Crippen molar-refractivity contribution in [2.24, 2.45) is 0 Å². The third-order valence-electron chi connectivity index (χ3n) is 6.66. The average Bonchev–Trinajstić information content (AvgIpc) is 2.99. The Balaban J connectivity index is 1.41. The third-order valence-corrected chi connectivity index (χ3v) is 6.66. The van der Waals surface area contributed by atoms with Gasteiger partial charge in [0.1, 0.15) is 47.6 Å². The molecule has 0 unspecified atom stereocenters. The van der Waals surface area contributed by atoms with Gasteiger partial charge in [-0.15, -0.1) is 0 Å². The lowest BCUT2D eigenvalue weighted by Crippen LogP contribution is -2.61. The van der Waals surface area contributed by atoms with Crippen molar-refractivity contribution in [3.63, 3.8) is 0 Å². The third kappa shape index (κ3) is 8.69. The van der Waals surface area contributed by atoms with Gasteiger partial charge in [0, 0.05) is 18.6 Å². The Kier molecular flexibility index (Phi) is 10.1. The summed E-state index contributed by atoms with van der Waals surface area (Å²) in [5.41, 5.74) is -3.17. The summed E-state index contributed by atoms with van der Waals surface area (Å²) in [7, 11) is 0. The van der Waals surface area contributed by atoms with E-state index in [2.05, 4.69) is 0 Å². The monoisotopic (exact) mass is 610 g/mol. The van der Waals surface area contributed by atoms with Gasteiger partial charge in [0.2, 0.25) is 6.29 Å². The molecule has 0 amide bonds. The molecule has 1 fully saturated rings. The fourth-order valence-corrected chi connectivity index (χ4v) is 4.21. The van der Waals surface area contributed by atoms with E-state index in [1.165, 1.54) is 66.8 Å². The Morgan fingerprint density at radius 3 is 2.11 bits per heavy atom. The molecule has 5 N–H and O–H groups in total. The number of benzene rings is 1. The van der Waals surface area contributed by atoms with E-state index in [1.807, 2.05) is 0 Å². The SMILES string of the molecule is O=C1C=CC(O)(/C=C/C(=O)OC[C@H]2O[C@@H](Oc3ccc(O)cc3)[C@H](OC(=O)/C=C/CC3(O)C=CC(=O)C=C3)[C@@H](O)[C@@H]2O)C=C1. The van der Waals surface area contributed by atoms with E-state index in [0.717, 1.165) is 30.4 Å². The lowest BCUT2D eigenvalue weighted by molar-refractivity contribution is -0.281. The Labute approximate surface area is 250 Å². The van der Waals surface area contributed by atoms with Gasteiger partial charge >= 0.3 is 11.9 Å². The summed E-state index contributed by atoms with van der Waals surface area (Å²) in [4.78, 5) is 47.4. The van der Waals surface area contributed by atoms with Crippen molar-refractivity contribution in [1.82, 2.24) is 0 Å². The summed E-state index contributed by atoms with van der Waals surface area (Å²) >= 11 is 0. The molecule has 0 spiro atoms. The van der Waals surface area contributed by atoms with E-state index in [1.54, 1.807) is 0 Å². The molecular weight excluding hydrogens is 580 g/mol. The van der Waals surface area contributed by atoms with Gasteiger partial charge in [-0.3, -0.25) is 9.59 Å². The lowest BCUT2D eigenvalue weighted by atomic mass is 9.94. The number of phenols is 1. The summed E-state index contributed by atoms with van der Waals surface area (Å²) in [5.74, 6) is -2.46. The van der Waals surface area contributed by atoms with Crippen molar-refractivity contribution in [2.45, 2.75) is 48.3 Å². The van der Waals surface area contributed by atoms with Crippen LogP contribution in [0.15, 0.2) is 97.2 Å². The van der Waals surface area contributed by atoms with Gasteiger partial charge in [-0.25, -0.2) is 9.59 Å². The van der Waals surface area contributed by atoms with E-state index in [9.17, 15) is 44.7 Å². The van der Waals surface area contributed by atoms with E-state index < -0.39 is 60.5 Å². The second-order valence-electron chi connectivity index (χ2n) is 10.1. The van der Waals surface area contributed by atoms with Gasteiger partial charge in [-0.2, -0.15) is 0 Å². The molecule has 3 aliphatic rings. The average molecular weight is 611 g/mol. The van der Waals surface area contributed by atoms with Crippen molar-refractivity contribution in [3.05, 3.63) is 97.2 Å². The zero-order chi connectivity index (χ0) is 31.9. The first-order valence-corrected chi connectivity index (χ1v) is 13.3. The van der Waals surface area contributed by atoms with Gasteiger partial charge in [0.15, 0.2) is 17.7 Å². The van der Waals surface area contributed by atoms with Gasteiger partial charge in [-0.1, -0.05) is 6.08 Å². The van der Waals surface area contributed by atoms with Crippen molar-refractivity contribution in [2.75, 3.05) is 6.61 Å². The lowest BCUT2D eigenvalue weighted by Gasteiger charge is -2.41. The number of ketones is 2. The molecule has 1 heterocycles. The first-order chi connectivity index (χ1) is 20.8. The number of ether oxygens (including phenoxy) is 4. The van der Waals surface area contributed by atoms with Crippen LogP contribution in [0.3, 0.4) is 0 Å². The standard InChI is InChI=1S/C31H30O13/c32-19-3-5-22(6-4-19)42-29-28(44-25(36)2-1-12-30(39)13-7-20(33)8-14-30)27(38)26(37)23(43-29)18-41-24(35)11-17-31(40)15-9-21(34)10-16-31/h1-11,13-17,23,26-29,32,37-40H,12,18H2/b2-1+,17-11+/t23-,26-,27+,28-,29-/m1/s1. The van der Waals surface area contributed by atoms with Crippen molar-refractivity contribution >= 4 is 23.5 Å². The van der Waals surface area contributed by atoms with Gasteiger partial charge in [-0.05, 0) is 78.9 Å². The van der Waals surface area contributed by atoms with Crippen molar-refractivity contribution in [3.8, 4) is 11.5 Å². The molecule has 1 aromatic carbocycles. The smallest absolute Gasteiger partial charge is 0.331 e. The molecule has 0 aromatic heterocycles. The Morgan fingerprint density at radius 2 is 1.48 bits per heavy atom. The molecule has 5 atom stereocenters. The quantitative estimate of drug-likeness (QED) is 0.175. The van der Waals surface area contributed by atoms with E-state index in [4.69, 9.17) is 18.9 Å². The molecule has 2 aliphatic carbocycles. The molecule has 0 saturated carbocycles. The number of aliphatic hydroxyl groups excluding tert-OH is 2. The van der Waals surface area contributed by atoms with E-state index in [0.29, 0.717) is 0 Å². The van der Waals surface area contributed by atoms with Gasteiger partial charge in [0.25, 0.3) is 0 Å². The molecule has 232 valence electrons. The summed E-state index contributed by atoms with van der Waals surface area (Å²) < 4.78 is 21.9. The molecular formula is C31H30O13. The molecule has 1 aliphatic heterocycles. The van der Waals surface area contributed by atoms with Crippen LogP contribution in [0.5, 0.6) is 11.5 Å². The first-order valence-electron chi connectivity index (χ1n) is 13.3.